The number of hydrogen-bond acceptors (Lipinski definition) is 8. The summed E-state index contributed by atoms with van der Waals surface area (Å²) in [5, 5.41) is 40.1. The van der Waals surface area contributed by atoms with Crippen LogP contribution in [0.1, 0.15) is 0 Å². The Morgan fingerprint density at radius 1 is 1.45 bits per heavy atom. The van der Waals surface area contributed by atoms with E-state index in [-0.39, 0.29) is 18.8 Å². The molecule has 3 heterocycles. The molecule has 0 aliphatic carbocycles. The third-order valence-corrected chi connectivity index (χ3v) is 3.52. The molecule has 3 aromatic heterocycles. The fourth-order valence-electron chi connectivity index (χ4n) is 1.84. The van der Waals surface area contributed by atoms with Gasteiger partial charge in [0, 0.05) is 10.9 Å². The fraction of sp³-hybridized carbons (Fsp3) is 0.273. The second kappa shape index (κ2) is 5.99. The predicted molar refractivity (Wildman–Crippen MR) is 76.0 cm³/mol. The van der Waals surface area contributed by atoms with Gasteiger partial charge in [-0.25, -0.2) is 0 Å². The first-order valence-corrected chi connectivity index (χ1v) is 7.21. The number of aromatic nitrogens is 6. The molecule has 1 unspecified atom stereocenters. The van der Waals surface area contributed by atoms with E-state index in [2.05, 4.69) is 20.5 Å². The Kier molecular flexibility index (Phi) is 3.89. The first kappa shape index (κ1) is 14.3. The number of aliphatic hydroxyl groups excluding tert-OH is 1. The van der Waals surface area contributed by atoms with E-state index in [1.807, 2.05) is 16.8 Å². The van der Waals surface area contributed by atoms with Gasteiger partial charge in [0.05, 0.1) is 24.1 Å². The summed E-state index contributed by atoms with van der Waals surface area (Å²) in [6, 6.07) is 1.88. The lowest BCUT2D eigenvalue weighted by Crippen LogP contribution is -2.23. The first-order chi connectivity index (χ1) is 10.6. The van der Waals surface area contributed by atoms with Crippen molar-refractivity contribution in [3.8, 4) is 11.4 Å². The molecule has 0 saturated carbocycles. The Labute approximate surface area is 127 Å². The Bertz CT molecular complexity index is 766. The number of nitrogens with zero attached hydrogens (tertiary/aromatic N) is 7. The van der Waals surface area contributed by atoms with Crippen molar-refractivity contribution in [3.05, 3.63) is 39.3 Å². The monoisotopic (exact) mass is 321 g/mol. The van der Waals surface area contributed by atoms with Gasteiger partial charge in [-0.2, -0.15) is 21.2 Å². The van der Waals surface area contributed by atoms with Crippen molar-refractivity contribution in [2.24, 2.45) is 0 Å². The minimum Gasteiger partial charge on any atom is -0.389 e. The number of rotatable bonds is 6. The average Bonchev–Trinajstić information content (AvgIpc) is 3.18. The van der Waals surface area contributed by atoms with Crippen LogP contribution in [-0.4, -0.2) is 46.1 Å². The molecule has 0 fully saturated rings. The molecule has 22 heavy (non-hydrogen) atoms. The average molecular weight is 321 g/mol. The molecule has 0 aliphatic rings. The highest BCUT2D eigenvalue weighted by Gasteiger charge is 2.14. The fourth-order valence-corrected chi connectivity index (χ4v) is 2.47. The highest BCUT2D eigenvalue weighted by Crippen LogP contribution is 2.16. The largest absolute Gasteiger partial charge is 0.389 e. The maximum absolute atomic E-state index is 10.6. The minimum absolute atomic E-state index is 0.100. The zero-order valence-electron chi connectivity index (χ0n) is 11.2. The van der Waals surface area contributed by atoms with Crippen molar-refractivity contribution >= 4 is 17.0 Å². The maximum Gasteiger partial charge on any atom is 0.306 e. The number of aliphatic hydroxyl groups is 1. The van der Waals surface area contributed by atoms with Crippen molar-refractivity contribution in [2.45, 2.75) is 19.2 Å². The SMILES string of the molecule is O=[N+]([O-])c1cnn(CC(O)Cn2nnc(-c3ccsc3)n2)c1. The van der Waals surface area contributed by atoms with Gasteiger partial charge in [-0.1, -0.05) is 0 Å². The molecule has 3 aromatic rings. The lowest BCUT2D eigenvalue weighted by Gasteiger charge is -2.08. The van der Waals surface area contributed by atoms with E-state index in [0.717, 1.165) is 11.8 Å². The molecule has 10 nitrogen and oxygen atoms in total. The first-order valence-electron chi connectivity index (χ1n) is 6.27. The van der Waals surface area contributed by atoms with E-state index in [1.165, 1.54) is 27.0 Å². The number of tetrazole rings is 1. The molecule has 3 rings (SSSR count). The molecule has 0 amide bonds. The number of thiophene rings is 1. The van der Waals surface area contributed by atoms with E-state index in [1.54, 1.807) is 0 Å². The van der Waals surface area contributed by atoms with Gasteiger partial charge in [-0.15, -0.1) is 10.2 Å². The van der Waals surface area contributed by atoms with E-state index < -0.39 is 11.0 Å². The van der Waals surface area contributed by atoms with Crippen LogP contribution in [0, 0.1) is 10.1 Å². The zero-order valence-corrected chi connectivity index (χ0v) is 12.0. The summed E-state index contributed by atoms with van der Waals surface area (Å²) in [6.07, 6.45) is 1.55. The van der Waals surface area contributed by atoms with Crippen LogP contribution in [0.2, 0.25) is 0 Å². The zero-order chi connectivity index (χ0) is 15.5. The van der Waals surface area contributed by atoms with Crippen molar-refractivity contribution in [2.75, 3.05) is 0 Å². The Balaban J connectivity index is 1.61. The quantitative estimate of drug-likeness (QED) is 0.519. The maximum atomic E-state index is 10.6. The third-order valence-electron chi connectivity index (χ3n) is 2.83. The molecule has 1 atom stereocenters. The van der Waals surface area contributed by atoms with Gasteiger partial charge in [0.2, 0.25) is 5.82 Å². The van der Waals surface area contributed by atoms with Gasteiger partial charge in [-0.05, 0) is 16.7 Å². The molecule has 0 bridgehead atoms. The van der Waals surface area contributed by atoms with Crippen LogP contribution in [0.25, 0.3) is 11.4 Å². The third kappa shape index (κ3) is 3.15. The molecule has 0 spiro atoms. The van der Waals surface area contributed by atoms with E-state index in [4.69, 9.17) is 0 Å². The van der Waals surface area contributed by atoms with Crippen molar-refractivity contribution < 1.29 is 10.0 Å². The number of hydrogen-bond donors (Lipinski definition) is 1. The minimum atomic E-state index is -0.843. The molecule has 0 aromatic carbocycles. The van der Waals surface area contributed by atoms with Crippen LogP contribution in [0.4, 0.5) is 5.69 Å². The smallest absolute Gasteiger partial charge is 0.306 e. The van der Waals surface area contributed by atoms with E-state index in [9.17, 15) is 15.2 Å². The molecule has 1 N–H and O–H groups in total. The van der Waals surface area contributed by atoms with Crippen LogP contribution < -0.4 is 0 Å². The van der Waals surface area contributed by atoms with Gasteiger partial charge in [0.25, 0.3) is 0 Å². The van der Waals surface area contributed by atoms with Crippen molar-refractivity contribution in [1.82, 2.24) is 30.0 Å². The second-order valence-electron chi connectivity index (χ2n) is 4.51. The second-order valence-corrected chi connectivity index (χ2v) is 5.29. The molecule has 0 radical (unpaired) electrons. The van der Waals surface area contributed by atoms with Crippen LogP contribution >= 0.6 is 11.3 Å². The molecule has 11 heteroatoms. The van der Waals surface area contributed by atoms with Gasteiger partial charge >= 0.3 is 5.69 Å². The Morgan fingerprint density at radius 2 is 2.32 bits per heavy atom. The molecule has 0 saturated heterocycles. The Hall–Kier alpha value is -2.66. The lowest BCUT2D eigenvalue weighted by atomic mass is 10.3. The van der Waals surface area contributed by atoms with Crippen LogP contribution in [0.5, 0.6) is 0 Å². The standard InChI is InChI=1S/C11H11N7O3S/c19-10(5-16-4-9(3-12-16)18(20)21)6-17-14-11(13-15-17)8-1-2-22-7-8/h1-4,7,10,19H,5-6H2. The van der Waals surface area contributed by atoms with Crippen molar-refractivity contribution in [1.29, 1.82) is 0 Å². The molecular weight excluding hydrogens is 310 g/mol. The summed E-state index contributed by atoms with van der Waals surface area (Å²) in [5.41, 5.74) is 0.749. The summed E-state index contributed by atoms with van der Waals surface area (Å²) < 4.78 is 1.31. The topological polar surface area (TPSA) is 125 Å². The van der Waals surface area contributed by atoms with Gasteiger partial charge in [0.15, 0.2) is 0 Å². The van der Waals surface area contributed by atoms with E-state index >= 15 is 0 Å². The Morgan fingerprint density at radius 3 is 3.00 bits per heavy atom. The van der Waals surface area contributed by atoms with Crippen LogP contribution in [0.3, 0.4) is 0 Å². The number of nitro groups is 1. The summed E-state index contributed by atoms with van der Waals surface area (Å²) in [7, 11) is 0. The summed E-state index contributed by atoms with van der Waals surface area (Å²) >= 11 is 1.53. The van der Waals surface area contributed by atoms with E-state index in [0.29, 0.717) is 5.82 Å². The van der Waals surface area contributed by atoms with Gasteiger partial charge in [0.1, 0.15) is 12.4 Å². The van der Waals surface area contributed by atoms with Gasteiger partial charge in [-0.3, -0.25) is 14.8 Å². The summed E-state index contributed by atoms with van der Waals surface area (Å²) in [6.45, 7) is 0.216. The van der Waals surface area contributed by atoms with Gasteiger partial charge < -0.3 is 5.11 Å². The predicted octanol–water partition coefficient (Wildman–Crippen LogP) is 0.567. The van der Waals surface area contributed by atoms with Crippen LogP contribution in [-0.2, 0) is 13.1 Å². The molecule has 0 aliphatic heterocycles. The highest BCUT2D eigenvalue weighted by molar-refractivity contribution is 7.08. The lowest BCUT2D eigenvalue weighted by molar-refractivity contribution is -0.385. The summed E-state index contributed by atoms with van der Waals surface area (Å²) in [5.74, 6) is 0.489. The van der Waals surface area contributed by atoms with Crippen LogP contribution in [0.15, 0.2) is 29.2 Å². The highest BCUT2D eigenvalue weighted by atomic mass is 32.1. The molecule has 114 valence electrons. The molecular formula is C11H11N7O3S. The normalized spacial score (nSPS) is 12.4. The summed E-state index contributed by atoms with van der Waals surface area (Å²) in [4.78, 5) is 11.3. The van der Waals surface area contributed by atoms with Crippen molar-refractivity contribution in [3.63, 3.8) is 0 Å².